The van der Waals surface area contributed by atoms with Gasteiger partial charge in [-0.3, -0.25) is 9.59 Å². The van der Waals surface area contributed by atoms with Crippen molar-refractivity contribution in [2.24, 2.45) is 0 Å². The predicted octanol–water partition coefficient (Wildman–Crippen LogP) is 0.0538. The maximum Gasteiger partial charge on any atom is 0.307 e. The van der Waals surface area contributed by atoms with Crippen molar-refractivity contribution in [2.75, 3.05) is 20.2 Å². The molecule has 2 N–H and O–H groups in total. The minimum absolute atomic E-state index is 0.0487. The minimum Gasteiger partial charge on any atom is -0.469 e. The fourth-order valence-corrected chi connectivity index (χ4v) is 1.18. The van der Waals surface area contributed by atoms with Crippen molar-refractivity contribution in [1.82, 2.24) is 10.6 Å². The van der Waals surface area contributed by atoms with Crippen molar-refractivity contribution >= 4 is 11.9 Å². The Hall–Kier alpha value is -1.10. The molecule has 0 bridgehead atoms. The van der Waals surface area contributed by atoms with Gasteiger partial charge in [0, 0.05) is 19.0 Å². The van der Waals surface area contributed by atoms with E-state index in [1.807, 2.05) is 13.8 Å². The van der Waals surface area contributed by atoms with E-state index in [0.29, 0.717) is 13.0 Å². The largest absolute Gasteiger partial charge is 0.469 e. The van der Waals surface area contributed by atoms with Crippen molar-refractivity contribution in [2.45, 2.75) is 32.7 Å². The van der Waals surface area contributed by atoms with E-state index in [0.717, 1.165) is 6.54 Å². The van der Waals surface area contributed by atoms with E-state index in [9.17, 15) is 9.59 Å². The zero-order chi connectivity index (χ0) is 11.7. The van der Waals surface area contributed by atoms with Gasteiger partial charge in [-0.1, -0.05) is 6.92 Å². The van der Waals surface area contributed by atoms with Gasteiger partial charge in [-0.25, -0.2) is 0 Å². The van der Waals surface area contributed by atoms with Gasteiger partial charge in [-0.15, -0.1) is 0 Å². The summed E-state index contributed by atoms with van der Waals surface area (Å²) in [5.41, 5.74) is 0. The van der Waals surface area contributed by atoms with Gasteiger partial charge >= 0.3 is 5.97 Å². The molecule has 15 heavy (non-hydrogen) atoms. The summed E-state index contributed by atoms with van der Waals surface area (Å²) in [5, 5.41) is 5.79. The maximum absolute atomic E-state index is 11.3. The molecule has 0 aliphatic carbocycles. The fourth-order valence-electron chi connectivity index (χ4n) is 1.18. The van der Waals surface area contributed by atoms with Crippen molar-refractivity contribution in [1.29, 1.82) is 0 Å². The van der Waals surface area contributed by atoms with E-state index in [1.165, 1.54) is 7.11 Å². The first-order valence-corrected chi connectivity index (χ1v) is 5.17. The molecular formula is C10H20N2O3. The standard InChI is InChI=1S/C10H20N2O3/c1-4-11-8(2)7-9(13)12-6-5-10(14)15-3/h8,11H,4-7H2,1-3H3,(H,12,13). The Bertz CT molecular complexity index is 207. The third-order valence-electron chi connectivity index (χ3n) is 1.92. The predicted molar refractivity (Wildman–Crippen MR) is 57.4 cm³/mol. The van der Waals surface area contributed by atoms with Crippen LogP contribution < -0.4 is 10.6 Å². The van der Waals surface area contributed by atoms with E-state index in [1.54, 1.807) is 0 Å². The zero-order valence-corrected chi connectivity index (χ0v) is 9.63. The quantitative estimate of drug-likeness (QED) is 0.590. The Morgan fingerprint density at radius 3 is 2.60 bits per heavy atom. The molecule has 0 aliphatic heterocycles. The summed E-state index contributed by atoms with van der Waals surface area (Å²) in [7, 11) is 1.33. The highest BCUT2D eigenvalue weighted by molar-refractivity contribution is 5.77. The summed E-state index contributed by atoms with van der Waals surface area (Å²) in [6, 6.07) is 0.160. The lowest BCUT2D eigenvalue weighted by Gasteiger charge is -2.11. The highest BCUT2D eigenvalue weighted by Crippen LogP contribution is 1.90. The van der Waals surface area contributed by atoms with Crippen LogP contribution in [0.2, 0.25) is 0 Å². The minimum atomic E-state index is -0.310. The molecule has 0 aromatic carbocycles. The van der Waals surface area contributed by atoms with Crippen LogP contribution in [-0.4, -0.2) is 38.1 Å². The van der Waals surface area contributed by atoms with Gasteiger partial charge in [0.15, 0.2) is 0 Å². The molecule has 0 spiro atoms. The molecule has 0 aliphatic rings. The lowest BCUT2D eigenvalue weighted by molar-refractivity contribution is -0.140. The molecule has 0 aromatic rings. The summed E-state index contributed by atoms with van der Waals surface area (Å²) < 4.78 is 4.45. The van der Waals surface area contributed by atoms with Crippen molar-refractivity contribution in [3.8, 4) is 0 Å². The van der Waals surface area contributed by atoms with Crippen molar-refractivity contribution in [3.63, 3.8) is 0 Å². The second kappa shape index (κ2) is 8.23. The first kappa shape index (κ1) is 13.9. The smallest absolute Gasteiger partial charge is 0.307 e. The Labute approximate surface area is 90.6 Å². The summed E-state index contributed by atoms with van der Waals surface area (Å²) in [6.45, 7) is 5.12. The van der Waals surface area contributed by atoms with E-state index in [-0.39, 0.29) is 24.3 Å². The molecule has 0 aromatic heterocycles. The normalized spacial score (nSPS) is 11.9. The van der Waals surface area contributed by atoms with Crippen LogP contribution in [0.4, 0.5) is 0 Å². The number of ether oxygens (including phenoxy) is 1. The monoisotopic (exact) mass is 216 g/mol. The second-order valence-electron chi connectivity index (χ2n) is 3.34. The SMILES string of the molecule is CCNC(C)CC(=O)NCCC(=O)OC. The molecule has 0 saturated carbocycles. The average molecular weight is 216 g/mol. The summed E-state index contributed by atoms with van der Waals surface area (Å²) in [4.78, 5) is 22.0. The molecule has 1 atom stereocenters. The Kier molecular flexibility index (Phi) is 7.62. The average Bonchev–Trinajstić information content (AvgIpc) is 2.17. The van der Waals surface area contributed by atoms with E-state index < -0.39 is 0 Å². The highest BCUT2D eigenvalue weighted by Gasteiger charge is 2.07. The molecule has 88 valence electrons. The zero-order valence-electron chi connectivity index (χ0n) is 9.63. The van der Waals surface area contributed by atoms with Crippen molar-refractivity contribution < 1.29 is 14.3 Å². The Balaban J connectivity index is 3.53. The van der Waals surface area contributed by atoms with Crippen LogP contribution in [0.5, 0.6) is 0 Å². The van der Waals surface area contributed by atoms with Gasteiger partial charge < -0.3 is 15.4 Å². The van der Waals surface area contributed by atoms with Crippen LogP contribution in [-0.2, 0) is 14.3 Å². The number of amides is 1. The lowest BCUT2D eigenvalue weighted by atomic mass is 10.2. The molecule has 0 radical (unpaired) electrons. The topological polar surface area (TPSA) is 67.4 Å². The number of nitrogens with one attached hydrogen (secondary N) is 2. The molecule has 0 heterocycles. The van der Waals surface area contributed by atoms with Gasteiger partial charge in [0.2, 0.25) is 5.91 Å². The first-order valence-electron chi connectivity index (χ1n) is 5.17. The van der Waals surface area contributed by atoms with Crippen LogP contribution in [0.15, 0.2) is 0 Å². The van der Waals surface area contributed by atoms with Crippen LogP contribution in [0.25, 0.3) is 0 Å². The Morgan fingerprint density at radius 2 is 2.07 bits per heavy atom. The van der Waals surface area contributed by atoms with Crippen molar-refractivity contribution in [3.05, 3.63) is 0 Å². The van der Waals surface area contributed by atoms with E-state index in [4.69, 9.17) is 0 Å². The van der Waals surface area contributed by atoms with E-state index >= 15 is 0 Å². The summed E-state index contributed by atoms with van der Waals surface area (Å²) >= 11 is 0. The molecule has 5 heteroatoms. The van der Waals surface area contributed by atoms with E-state index in [2.05, 4.69) is 15.4 Å². The summed E-state index contributed by atoms with van der Waals surface area (Å²) in [5.74, 6) is -0.359. The number of methoxy groups -OCH3 is 1. The fraction of sp³-hybridized carbons (Fsp3) is 0.800. The molecule has 5 nitrogen and oxygen atoms in total. The van der Waals surface area contributed by atoms with Gasteiger partial charge in [0.25, 0.3) is 0 Å². The number of hydrogen-bond acceptors (Lipinski definition) is 4. The first-order chi connectivity index (χ1) is 7.10. The number of hydrogen-bond donors (Lipinski definition) is 2. The van der Waals surface area contributed by atoms with Gasteiger partial charge in [0.1, 0.15) is 0 Å². The molecular weight excluding hydrogens is 196 g/mol. The number of esters is 1. The molecule has 1 amide bonds. The second-order valence-corrected chi connectivity index (χ2v) is 3.34. The highest BCUT2D eigenvalue weighted by atomic mass is 16.5. The molecule has 0 saturated heterocycles. The van der Waals surface area contributed by atoms with Crippen LogP contribution >= 0.6 is 0 Å². The maximum atomic E-state index is 11.3. The molecule has 1 unspecified atom stereocenters. The van der Waals surface area contributed by atoms with Crippen LogP contribution in [0.1, 0.15) is 26.7 Å². The van der Waals surface area contributed by atoms with Crippen LogP contribution in [0.3, 0.4) is 0 Å². The third kappa shape index (κ3) is 7.93. The Morgan fingerprint density at radius 1 is 1.40 bits per heavy atom. The van der Waals surface area contributed by atoms with Gasteiger partial charge in [-0.2, -0.15) is 0 Å². The summed E-state index contributed by atoms with van der Waals surface area (Å²) in [6.07, 6.45) is 0.646. The lowest BCUT2D eigenvalue weighted by Crippen LogP contribution is -2.34. The van der Waals surface area contributed by atoms with Gasteiger partial charge in [-0.05, 0) is 13.5 Å². The van der Waals surface area contributed by atoms with Gasteiger partial charge in [0.05, 0.1) is 13.5 Å². The third-order valence-corrected chi connectivity index (χ3v) is 1.92. The van der Waals surface area contributed by atoms with Crippen LogP contribution in [0, 0.1) is 0 Å². The number of carbonyl (C=O) groups is 2. The number of carbonyl (C=O) groups excluding carboxylic acids is 2. The number of rotatable bonds is 7. The molecule has 0 fully saturated rings. The molecule has 0 rings (SSSR count).